The van der Waals surface area contributed by atoms with Gasteiger partial charge in [0.15, 0.2) is 0 Å². The van der Waals surface area contributed by atoms with E-state index in [4.69, 9.17) is 7.85 Å². The lowest BCUT2D eigenvalue weighted by atomic mass is 9.80. The molecule has 0 heterocycles. The van der Waals surface area contributed by atoms with Crippen LogP contribution in [0, 0.1) is 11.8 Å². The van der Waals surface area contributed by atoms with E-state index in [0.717, 1.165) is 11.8 Å². The highest BCUT2D eigenvalue weighted by molar-refractivity contribution is 6.11. The van der Waals surface area contributed by atoms with Crippen LogP contribution >= 0.6 is 0 Å². The monoisotopic (exact) mass is 152 g/mol. The van der Waals surface area contributed by atoms with Gasteiger partial charge >= 0.3 is 0 Å². The van der Waals surface area contributed by atoms with Crippen molar-refractivity contribution in [1.82, 2.24) is 0 Å². The third kappa shape index (κ3) is 7.97. The van der Waals surface area contributed by atoms with E-state index in [9.17, 15) is 0 Å². The molecule has 2 radical (unpaired) electrons. The summed E-state index contributed by atoms with van der Waals surface area (Å²) in [5, 5.41) is 0. The van der Waals surface area contributed by atoms with Crippen LogP contribution in [-0.4, -0.2) is 7.85 Å². The summed E-state index contributed by atoms with van der Waals surface area (Å²) in [7, 11) is 5.70. The fraction of sp³-hybridized carbons (Fsp3) is 1.00. The first-order valence-corrected chi connectivity index (χ1v) is 4.78. The molecular weight excluding hydrogens is 131 g/mol. The minimum absolute atomic E-state index is 0.372. The molecule has 0 spiro atoms. The smallest absolute Gasteiger partial charge is 0.0695 e. The summed E-state index contributed by atoms with van der Waals surface area (Å²) in [4.78, 5) is 0. The van der Waals surface area contributed by atoms with Crippen molar-refractivity contribution in [2.45, 2.75) is 52.8 Å². The molecule has 0 saturated carbocycles. The highest BCUT2D eigenvalue weighted by atomic mass is 14.1. The Morgan fingerprint density at radius 1 is 1.00 bits per heavy atom. The van der Waals surface area contributed by atoms with Crippen LogP contribution in [0.1, 0.15) is 47.0 Å². The average Bonchev–Trinajstić information content (AvgIpc) is 1.82. The number of rotatable bonds is 5. The van der Waals surface area contributed by atoms with Gasteiger partial charge < -0.3 is 0 Å². The second kappa shape index (κ2) is 5.68. The standard InChI is InChI=1S/C10H21B/c1-8(2)5-6-9(3)7-10(4)11/h8-10H,5-7H2,1-4H3. The third-order valence-electron chi connectivity index (χ3n) is 2.01. The summed E-state index contributed by atoms with van der Waals surface area (Å²) in [5.74, 6) is 2.01. The first kappa shape index (κ1) is 11.1. The maximum Gasteiger partial charge on any atom is 0.0695 e. The Balaban J connectivity index is 3.29. The molecule has 2 unspecified atom stereocenters. The third-order valence-corrected chi connectivity index (χ3v) is 2.01. The Kier molecular flexibility index (Phi) is 5.72. The van der Waals surface area contributed by atoms with E-state index in [1.54, 1.807) is 0 Å². The minimum Gasteiger partial charge on any atom is -0.0799 e. The summed E-state index contributed by atoms with van der Waals surface area (Å²) < 4.78 is 0. The topological polar surface area (TPSA) is 0 Å². The normalized spacial score (nSPS) is 16.8. The largest absolute Gasteiger partial charge is 0.0799 e. The van der Waals surface area contributed by atoms with Crippen molar-refractivity contribution in [3.8, 4) is 0 Å². The van der Waals surface area contributed by atoms with Crippen LogP contribution in [0.3, 0.4) is 0 Å². The molecule has 0 amide bonds. The molecule has 0 N–H and O–H groups in total. The average molecular weight is 152 g/mol. The Labute approximate surface area is 73.2 Å². The predicted molar refractivity (Wildman–Crippen MR) is 53.0 cm³/mol. The SMILES string of the molecule is [B]C(C)CC(C)CCC(C)C. The van der Waals surface area contributed by atoms with E-state index in [2.05, 4.69) is 27.7 Å². The molecule has 11 heavy (non-hydrogen) atoms. The molecule has 0 saturated heterocycles. The van der Waals surface area contributed by atoms with Crippen LogP contribution in [0.2, 0.25) is 5.82 Å². The van der Waals surface area contributed by atoms with Gasteiger partial charge in [-0.05, 0) is 11.8 Å². The zero-order valence-corrected chi connectivity index (χ0v) is 8.43. The number of hydrogen-bond donors (Lipinski definition) is 0. The molecular formula is C10H21B. The van der Waals surface area contributed by atoms with Crippen molar-refractivity contribution in [3.05, 3.63) is 0 Å². The van der Waals surface area contributed by atoms with Gasteiger partial charge in [0.25, 0.3) is 0 Å². The lowest BCUT2D eigenvalue weighted by Gasteiger charge is -2.14. The van der Waals surface area contributed by atoms with Gasteiger partial charge in [0.05, 0.1) is 7.85 Å². The van der Waals surface area contributed by atoms with Crippen molar-refractivity contribution in [1.29, 1.82) is 0 Å². The van der Waals surface area contributed by atoms with Crippen LogP contribution in [0.5, 0.6) is 0 Å². The summed E-state index contributed by atoms with van der Waals surface area (Å²) in [5.41, 5.74) is 0. The second-order valence-corrected chi connectivity index (χ2v) is 4.29. The van der Waals surface area contributed by atoms with E-state index in [1.807, 2.05) is 0 Å². The molecule has 0 bridgehead atoms. The molecule has 64 valence electrons. The van der Waals surface area contributed by atoms with Crippen LogP contribution in [-0.2, 0) is 0 Å². The summed E-state index contributed by atoms with van der Waals surface area (Å²) >= 11 is 0. The quantitative estimate of drug-likeness (QED) is 0.529. The molecule has 0 aliphatic carbocycles. The molecule has 0 aliphatic rings. The van der Waals surface area contributed by atoms with E-state index < -0.39 is 0 Å². The van der Waals surface area contributed by atoms with Crippen molar-refractivity contribution in [3.63, 3.8) is 0 Å². The van der Waals surface area contributed by atoms with Gasteiger partial charge in [-0.3, -0.25) is 0 Å². The lowest BCUT2D eigenvalue weighted by Crippen LogP contribution is -2.00. The first-order valence-electron chi connectivity index (χ1n) is 4.78. The molecule has 0 aliphatic heterocycles. The highest BCUT2D eigenvalue weighted by Crippen LogP contribution is 2.20. The summed E-state index contributed by atoms with van der Waals surface area (Å²) in [6, 6.07) is 0. The van der Waals surface area contributed by atoms with Crippen LogP contribution in [0.25, 0.3) is 0 Å². The van der Waals surface area contributed by atoms with Crippen LogP contribution < -0.4 is 0 Å². The van der Waals surface area contributed by atoms with Crippen molar-refractivity contribution >= 4 is 7.85 Å². The van der Waals surface area contributed by atoms with Crippen molar-refractivity contribution in [2.24, 2.45) is 11.8 Å². The maximum atomic E-state index is 5.70. The Hall–Kier alpha value is 0.0649. The first-order chi connectivity index (χ1) is 5.02. The molecule has 0 aromatic heterocycles. The summed E-state index contributed by atoms with van der Waals surface area (Å²) in [6.07, 6.45) is 3.85. The van der Waals surface area contributed by atoms with Crippen molar-refractivity contribution < 1.29 is 0 Å². The molecule has 0 rings (SSSR count). The Morgan fingerprint density at radius 2 is 1.55 bits per heavy atom. The van der Waals surface area contributed by atoms with Gasteiger partial charge in [-0.1, -0.05) is 52.8 Å². The van der Waals surface area contributed by atoms with Gasteiger partial charge in [0.2, 0.25) is 0 Å². The zero-order chi connectivity index (χ0) is 8.85. The maximum absolute atomic E-state index is 5.70. The van der Waals surface area contributed by atoms with Crippen LogP contribution in [0.15, 0.2) is 0 Å². The minimum atomic E-state index is 0.372. The lowest BCUT2D eigenvalue weighted by molar-refractivity contribution is 0.425. The Bertz CT molecular complexity index is 86.9. The van der Waals surface area contributed by atoms with Gasteiger partial charge in [-0.2, -0.15) is 0 Å². The fourth-order valence-corrected chi connectivity index (χ4v) is 1.37. The highest BCUT2D eigenvalue weighted by Gasteiger charge is 2.05. The van der Waals surface area contributed by atoms with Gasteiger partial charge in [-0.15, -0.1) is 0 Å². The molecule has 1 heteroatoms. The van der Waals surface area contributed by atoms with E-state index in [-0.39, 0.29) is 0 Å². The van der Waals surface area contributed by atoms with Gasteiger partial charge in [0.1, 0.15) is 0 Å². The van der Waals surface area contributed by atoms with Crippen molar-refractivity contribution in [2.75, 3.05) is 0 Å². The molecule has 0 aromatic carbocycles. The molecule has 2 atom stereocenters. The van der Waals surface area contributed by atoms with Crippen LogP contribution in [0.4, 0.5) is 0 Å². The van der Waals surface area contributed by atoms with E-state index in [0.29, 0.717) is 5.82 Å². The van der Waals surface area contributed by atoms with Gasteiger partial charge in [0, 0.05) is 0 Å². The molecule has 0 nitrogen and oxygen atoms in total. The predicted octanol–water partition coefficient (Wildman–Crippen LogP) is 3.43. The number of hydrogen-bond acceptors (Lipinski definition) is 0. The molecule has 0 fully saturated rings. The van der Waals surface area contributed by atoms with Gasteiger partial charge in [-0.25, -0.2) is 0 Å². The summed E-state index contributed by atoms with van der Waals surface area (Å²) in [6.45, 7) is 8.94. The zero-order valence-electron chi connectivity index (χ0n) is 8.43. The second-order valence-electron chi connectivity index (χ2n) is 4.29. The fourth-order valence-electron chi connectivity index (χ4n) is 1.37. The van der Waals surface area contributed by atoms with E-state index >= 15 is 0 Å². The Morgan fingerprint density at radius 3 is 1.91 bits per heavy atom. The van der Waals surface area contributed by atoms with E-state index in [1.165, 1.54) is 19.3 Å². The molecule has 0 aromatic rings.